The number of rotatable bonds is 7. The standard InChI is InChI=1S/C21H24N2O2.ClH/c1-3-23(4-2)14-15-24-22-19-16-21(17-10-6-5-7-11-17)25-20-13-9-8-12-18(19)20;/h5-13,16H,3-4,14-15H2,1-2H3;1H/b22-19-;. The first-order chi connectivity index (χ1) is 12.3. The predicted molar refractivity (Wildman–Crippen MR) is 108 cm³/mol. The Labute approximate surface area is 160 Å². The van der Waals surface area contributed by atoms with Crippen LogP contribution in [0.1, 0.15) is 13.8 Å². The molecule has 1 heterocycles. The maximum Gasteiger partial charge on any atom is 0.136 e. The van der Waals surface area contributed by atoms with E-state index in [0.717, 1.165) is 47.3 Å². The Morgan fingerprint density at radius 3 is 2.38 bits per heavy atom. The van der Waals surface area contributed by atoms with E-state index in [2.05, 4.69) is 23.9 Å². The van der Waals surface area contributed by atoms with Crippen molar-refractivity contribution < 1.29 is 9.25 Å². The van der Waals surface area contributed by atoms with E-state index in [1.54, 1.807) is 0 Å². The van der Waals surface area contributed by atoms with Crippen molar-refractivity contribution in [3.8, 4) is 11.3 Å². The van der Waals surface area contributed by atoms with Crippen LogP contribution in [0.25, 0.3) is 22.3 Å². The van der Waals surface area contributed by atoms with Crippen LogP contribution in [0.5, 0.6) is 0 Å². The third-order valence-corrected chi connectivity index (χ3v) is 4.27. The molecule has 5 heteroatoms. The van der Waals surface area contributed by atoms with Gasteiger partial charge in [0.25, 0.3) is 0 Å². The molecule has 0 spiro atoms. The number of para-hydroxylation sites is 1. The fourth-order valence-electron chi connectivity index (χ4n) is 2.76. The van der Waals surface area contributed by atoms with E-state index in [1.807, 2.05) is 60.7 Å². The number of benzene rings is 2. The van der Waals surface area contributed by atoms with Crippen molar-refractivity contribution in [2.75, 3.05) is 26.2 Å². The van der Waals surface area contributed by atoms with Gasteiger partial charge >= 0.3 is 0 Å². The van der Waals surface area contributed by atoms with E-state index in [9.17, 15) is 0 Å². The molecule has 2 aromatic carbocycles. The summed E-state index contributed by atoms with van der Waals surface area (Å²) in [4.78, 5) is 7.90. The van der Waals surface area contributed by atoms with Gasteiger partial charge in [0, 0.05) is 23.6 Å². The molecule has 0 aliphatic carbocycles. The van der Waals surface area contributed by atoms with Crippen molar-refractivity contribution in [3.63, 3.8) is 0 Å². The lowest BCUT2D eigenvalue weighted by Crippen LogP contribution is -2.26. The van der Waals surface area contributed by atoms with Crippen molar-refractivity contribution in [1.82, 2.24) is 4.90 Å². The highest BCUT2D eigenvalue weighted by Gasteiger charge is 2.05. The molecule has 0 bridgehead atoms. The van der Waals surface area contributed by atoms with Crippen LogP contribution < -0.4 is 5.36 Å². The predicted octanol–water partition coefficient (Wildman–Crippen LogP) is 4.70. The maximum absolute atomic E-state index is 6.04. The number of halogens is 1. The third-order valence-electron chi connectivity index (χ3n) is 4.27. The highest BCUT2D eigenvalue weighted by Crippen LogP contribution is 2.21. The average Bonchev–Trinajstić information content (AvgIpc) is 2.68. The summed E-state index contributed by atoms with van der Waals surface area (Å²) in [5.41, 5.74) is 1.82. The quantitative estimate of drug-likeness (QED) is 0.446. The van der Waals surface area contributed by atoms with Gasteiger partial charge in [0.05, 0.1) is 0 Å². The second kappa shape index (κ2) is 10.00. The van der Waals surface area contributed by atoms with Crippen LogP contribution >= 0.6 is 12.4 Å². The summed E-state index contributed by atoms with van der Waals surface area (Å²) in [6, 6.07) is 19.9. The van der Waals surface area contributed by atoms with Gasteiger partial charge in [-0.1, -0.05) is 61.5 Å². The zero-order valence-electron chi connectivity index (χ0n) is 15.2. The molecule has 3 rings (SSSR count). The van der Waals surface area contributed by atoms with Gasteiger partial charge in [-0.05, 0) is 25.2 Å². The molecule has 0 amide bonds. The van der Waals surface area contributed by atoms with Gasteiger partial charge in [0.15, 0.2) is 0 Å². The number of fused-ring (bicyclic) bond motifs is 1. The molecular weight excluding hydrogens is 348 g/mol. The molecule has 0 unspecified atom stereocenters. The summed E-state index contributed by atoms with van der Waals surface area (Å²) in [6.07, 6.45) is 0. The molecule has 26 heavy (non-hydrogen) atoms. The van der Waals surface area contributed by atoms with Gasteiger partial charge in [-0.25, -0.2) is 0 Å². The van der Waals surface area contributed by atoms with E-state index in [4.69, 9.17) is 9.25 Å². The Hall–Kier alpha value is -2.30. The topological polar surface area (TPSA) is 38.0 Å². The molecule has 0 atom stereocenters. The number of nitrogens with zero attached hydrogens (tertiary/aromatic N) is 2. The van der Waals surface area contributed by atoms with Gasteiger partial charge in [-0.2, -0.15) is 0 Å². The zero-order valence-corrected chi connectivity index (χ0v) is 16.0. The summed E-state index contributed by atoms with van der Waals surface area (Å²) in [6.45, 7) is 7.79. The van der Waals surface area contributed by atoms with Gasteiger partial charge in [-0.15, -0.1) is 12.4 Å². The smallest absolute Gasteiger partial charge is 0.136 e. The van der Waals surface area contributed by atoms with Gasteiger partial charge in [-0.3, -0.25) is 0 Å². The minimum absolute atomic E-state index is 0. The van der Waals surface area contributed by atoms with Gasteiger partial charge in [0.2, 0.25) is 0 Å². The fraction of sp³-hybridized carbons (Fsp3) is 0.286. The summed E-state index contributed by atoms with van der Waals surface area (Å²) in [5.74, 6) is 0.783. The van der Waals surface area contributed by atoms with Crippen molar-refractivity contribution in [1.29, 1.82) is 0 Å². The van der Waals surface area contributed by atoms with Crippen molar-refractivity contribution >= 4 is 23.4 Å². The minimum atomic E-state index is 0. The molecule has 0 saturated carbocycles. The normalized spacial score (nSPS) is 11.6. The largest absolute Gasteiger partial charge is 0.456 e. The van der Waals surface area contributed by atoms with Gasteiger partial charge in [0.1, 0.15) is 23.3 Å². The van der Waals surface area contributed by atoms with E-state index in [1.165, 1.54) is 0 Å². The van der Waals surface area contributed by atoms with Crippen LogP contribution in [-0.4, -0.2) is 31.1 Å². The summed E-state index contributed by atoms with van der Waals surface area (Å²) >= 11 is 0. The number of hydrogen-bond donors (Lipinski definition) is 0. The summed E-state index contributed by atoms with van der Waals surface area (Å²) in [7, 11) is 0. The number of likely N-dealkylation sites (N-methyl/N-ethyl adjacent to an activating group) is 1. The zero-order chi connectivity index (χ0) is 17.5. The van der Waals surface area contributed by atoms with Gasteiger partial charge < -0.3 is 14.2 Å². The Morgan fingerprint density at radius 1 is 0.962 bits per heavy atom. The van der Waals surface area contributed by atoms with E-state index in [-0.39, 0.29) is 12.4 Å². The summed E-state index contributed by atoms with van der Waals surface area (Å²) < 4.78 is 6.04. The third kappa shape index (κ3) is 4.87. The van der Waals surface area contributed by atoms with E-state index < -0.39 is 0 Å². The molecule has 0 N–H and O–H groups in total. The first-order valence-corrected chi connectivity index (χ1v) is 8.78. The summed E-state index contributed by atoms with van der Waals surface area (Å²) in [5, 5.41) is 6.12. The monoisotopic (exact) mass is 372 g/mol. The molecule has 0 saturated heterocycles. The SMILES string of the molecule is CCN(CC)CCO/N=c1/cc(-c2ccccc2)oc2ccccc12.Cl. The Bertz CT molecular complexity index is 874. The molecule has 4 nitrogen and oxygen atoms in total. The Kier molecular flexibility index (Phi) is 7.70. The van der Waals surface area contributed by atoms with Crippen LogP contribution in [-0.2, 0) is 4.84 Å². The minimum Gasteiger partial charge on any atom is -0.456 e. The van der Waals surface area contributed by atoms with Crippen LogP contribution in [0.15, 0.2) is 70.2 Å². The lowest BCUT2D eigenvalue weighted by molar-refractivity contribution is 0.106. The molecule has 138 valence electrons. The Morgan fingerprint density at radius 2 is 1.65 bits per heavy atom. The van der Waals surface area contributed by atoms with E-state index >= 15 is 0 Å². The average molecular weight is 373 g/mol. The molecule has 0 aliphatic rings. The van der Waals surface area contributed by atoms with E-state index in [0.29, 0.717) is 6.61 Å². The van der Waals surface area contributed by atoms with Crippen molar-refractivity contribution in [3.05, 3.63) is 66.0 Å². The Balaban J connectivity index is 0.00000243. The second-order valence-electron chi connectivity index (χ2n) is 5.81. The highest BCUT2D eigenvalue weighted by atomic mass is 35.5. The number of hydrogen-bond acceptors (Lipinski definition) is 4. The highest BCUT2D eigenvalue weighted by molar-refractivity contribution is 5.85. The molecule has 0 radical (unpaired) electrons. The van der Waals surface area contributed by atoms with Crippen molar-refractivity contribution in [2.24, 2.45) is 5.16 Å². The first kappa shape index (κ1) is 20.0. The van der Waals surface area contributed by atoms with Crippen LogP contribution in [0.3, 0.4) is 0 Å². The second-order valence-corrected chi connectivity index (χ2v) is 5.81. The van der Waals surface area contributed by atoms with Crippen LogP contribution in [0, 0.1) is 0 Å². The van der Waals surface area contributed by atoms with Crippen LogP contribution in [0.2, 0.25) is 0 Å². The lowest BCUT2D eigenvalue weighted by Gasteiger charge is -2.16. The molecule has 1 aromatic heterocycles. The maximum atomic E-state index is 6.04. The van der Waals surface area contributed by atoms with Crippen molar-refractivity contribution in [2.45, 2.75) is 13.8 Å². The lowest BCUT2D eigenvalue weighted by atomic mass is 10.1. The molecule has 0 aliphatic heterocycles. The fourth-order valence-corrected chi connectivity index (χ4v) is 2.76. The molecular formula is C21H25ClN2O2. The van der Waals surface area contributed by atoms with Crippen LogP contribution in [0.4, 0.5) is 0 Å². The molecule has 0 fully saturated rings. The first-order valence-electron chi connectivity index (χ1n) is 8.78. The molecule has 3 aromatic rings.